The Bertz CT molecular complexity index is 87.5. The van der Waals surface area contributed by atoms with Crippen molar-refractivity contribution < 1.29 is 0 Å². The number of hydrogen-bond donors (Lipinski definition) is 0. The van der Waals surface area contributed by atoms with Crippen molar-refractivity contribution in [3.05, 3.63) is 0 Å². The summed E-state index contributed by atoms with van der Waals surface area (Å²) in [7, 11) is 15.8. The van der Waals surface area contributed by atoms with E-state index < -0.39 is 0 Å². The molecule has 6 heteroatoms. The summed E-state index contributed by atoms with van der Waals surface area (Å²) in [5, 5.41) is 0. The first-order valence-corrected chi connectivity index (χ1v) is 8.65. The minimum Gasteiger partial charge on any atom is -0.299 e. The van der Waals surface area contributed by atoms with Gasteiger partial charge in [0.25, 0.3) is 0 Å². The molecule has 0 saturated carbocycles. The van der Waals surface area contributed by atoms with E-state index in [9.17, 15) is 0 Å². The maximum atomic E-state index is 2.18. The van der Waals surface area contributed by atoms with Crippen LogP contribution in [0.25, 0.3) is 0 Å². The van der Waals surface area contributed by atoms with Gasteiger partial charge in [-0.15, -0.1) is 0 Å². The Morgan fingerprint density at radius 1 is 0.750 bits per heavy atom. The molecule has 0 unspecified atom stereocenters. The molecule has 0 aromatic carbocycles. The van der Waals surface area contributed by atoms with E-state index in [1.54, 1.807) is 0 Å². The second-order valence-electron chi connectivity index (χ2n) is 2.79. The van der Waals surface area contributed by atoms with Crippen molar-refractivity contribution >= 4 is 41.2 Å². The minimum atomic E-state index is 1.08. The highest BCUT2D eigenvalue weighted by molar-refractivity contribution is 9.26. The molecule has 0 heterocycles. The first kappa shape index (κ1) is 13.3. The van der Waals surface area contributed by atoms with Crippen molar-refractivity contribution in [3.63, 3.8) is 0 Å². The van der Waals surface area contributed by atoms with Crippen molar-refractivity contribution in [1.29, 1.82) is 0 Å². The molecule has 0 aromatic rings. The van der Waals surface area contributed by atoms with Gasteiger partial charge in [-0.1, -0.05) is 21.6 Å². The van der Waals surface area contributed by atoms with E-state index in [4.69, 9.17) is 0 Å². The highest BCUT2D eigenvalue weighted by Gasteiger charge is 1.94. The molecule has 0 amide bonds. The van der Waals surface area contributed by atoms with Gasteiger partial charge in [0.05, 0.1) is 11.8 Å². The van der Waals surface area contributed by atoms with Gasteiger partial charge in [-0.25, -0.2) is 0 Å². The normalized spacial score (nSPS) is 11.5. The molecule has 0 saturated heterocycles. The lowest BCUT2D eigenvalue weighted by molar-refractivity contribution is 0.487. The molecular weight excluding hydrogens is 228 g/mol. The third-order valence-electron chi connectivity index (χ3n) is 0.746. The van der Waals surface area contributed by atoms with Gasteiger partial charge in [-0.3, -0.25) is 9.80 Å². The van der Waals surface area contributed by atoms with Gasteiger partial charge in [0.2, 0.25) is 0 Å². The first-order chi connectivity index (χ1) is 5.63. The Hall–Kier alpha value is 1.32. The second kappa shape index (κ2) is 8.90. The van der Waals surface area contributed by atoms with Gasteiger partial charge in [-0.2, -0.15) is 0 Å². The molecule has 0 spiro atoms. The fraction of sp³-hybridized carbons (Fsp3) is 1.00. The molecule has 0 aliphatic heterocycles. The van der Waals surface area contributed by atoms with Crippen LogP contribution in [0.1, 0.15) is 0 Å². The zero-order chi connectivity index (χ0) is 9.40. The smallest absolute Gasteiger partial charge is 0.0552 e. The molecular formula is C6H16N2S4. The Labute approximate surface area is 90.8 Å². The highest BCUT2D eigenvalue weighted by atomic mass is 33.7. The van der Waals surface area contributed by atoms with Crippen molar-refractivity contribution in [2.75, 3.05) is 39.9 Å². The summed E-state index contributed by atoms with van der Waals surface area (Å²) in [6.45, 7) is 0. The lowest BCUT2D eigenvalue weighted by atomic mass is 11.0. The predicted octanol–water partition coefficient (Wildman–Crippen LogP) is 2.70. The fourth-order valence-electron chi connectivity index (χ4n) is 0.293. The van der Waals surface area contributed by atoms with Crippen LogP contribution in [0.15, 0.2) is 0 Å². The van der Waals surface area contributed by atoms with Crippen LogP contribution in [-0.4, -0.2) is 49.7 Å². The summed E-state index contributed by atoms with van der Waals surface area (Å²) >= 11 is 0. The average Bonchev–Trinajstić information content (AvgIpc) is 1.95. The largest absolute Gasteiger partial charge is 0.299 e. The van der Waals surface area contributed by atoms with E-state index in [1.165, 1.54) is 0 Å². The molecule has 0 fully saturated rings. The zero-order valence-corrected chi connectivity index (χ0v) is 11.2. The summed E-state index contributed by atoms with van der Waals surface area (Å²) in [5.41, 5.74) is 0. The van der Waals surface area contributed by atoms with E-state index in [0.29, 0.717) is 0 Å². The van der Waals surface area contributed by atoms with Crippen LogP contribution >= 0.6 is 41.2 Å². The SMILES string of the molecule is CN(C)CSSSSCN(C)C. The molecule has 0 aliphatic carbocycles. The van der Waals surface area contributed by atoms with Crippen LogP contribution in [0.2, 0.25) is 0 Å². The quantitative estimate of drug-likeness (QED) is 0.383. The average molecular weight is 244 g/mol. The molecule has 0 bridgehead atoms. The van der Waals surface area contributed by atoms with E-state index in [2.05, 4.69) is 38.0 Å². The molecule has 0 aliphatic rings. The lowest BCUT2D eigenvalue weighted by Gasteiger charge is -2.08. The monoisotopic (exact) mass is 244 g/mol. The molecule has 0 aromatic heterocycles. The standard InChI is InChI=1S/C6H16N2S4/c1-7(2)5-9-11-12-10-6-8(3)4/h5-6H2,1-4H3. The number of rotatable bonds is 7. The Morgan fingerprint density at radius 2 is 1.08 bits per heavy atom. The second-order valence-corrected chi connectivity index (χ2v) is 8.73. The van der Waals surface area contributed by atoms with Crippen LogP contribution in [0.5, 0.6) is 0 Å². The van der Waals surface area contributed by atoms with E-state index in [0.717, 1.165) is 11.8 Å². The van der Waals surface area contributed by atoms with Gasteiger partial charge in [-0.05, 0) is 47.8 Å². The van der Waals surface area contributed by atoms with E-state index >= 15 is 0 Å². The molecule has 0 N–H and O–H groups in total. The van der Waals surface area contributed by atoms with Gasteiger partial charge in [0.15, 0.2) is 0 Å². The molecule has 0 rings (SSSR count). The molecule has 12 heavy (non-hydrogen) atoms. The van der Waals surface area contributed by atoms with Crippen LogP contribution in [0, 0.1) is 0 Å². The topological polar surface area (TPSA) is 6.48 Å². The van der Waals surface area contributed by atoms with E-state index in [1.807, 2.05) is 41.2 Å². The summed E-state index contributed by atoms with van der Waals surface area (Å²) in [6, 6.07) is 0. The first-order valence-electron chi connectivity index (χ1n) is 3.50. The van der Waals surface area contributed by atoms with Crippen LogP contribution in [0.4, 0.5) is 0 Å². The minimum absolute atomic E-state index is 1.08. The third-order valence-corrected chi connectivity index (χ3v) is 7.35. The molecule has 0 radical (unpaired) electrons. The van der Waals surface area contributed by atoms with Crippen molar-refractivity contribution in [1.82, 2.24) is 9.80 Å². The Morgan fingerprint density at radius 3 is 1.33 bits per heavy atom. The van der Waals surface area contributed by atoms with Gasteiger partial charge in [0.1, 0.15) is 0 Å². The fourth-order valence-corrected chi connectivity index (χ4v) is 6.24. The molecule has 2 nitrogen and oxygen atoms in total. The predicted molar refractivity (Wildman–Crippen MR) is 67.5 cm³/mol. The number of hydrogen-bond acceptors (Lipinski definition) is 6. The lowest BCUT2D eigenvalue weighted by Crippen LogP contribution is -2.09. The summed E-state index contributed by atoms with van der Waals surface area (Å²) < 4.78 is 0. The zero-order valence-electron chi connectivity index (χ0n) is 7.94. The van der Waals surface area contributed by atoms with Crippen molar-refractivity contribution in [3.8, 4) is 0 Å². The molecule has 0 atom stereocenters. The van der Waals surface area contributed by atoms with Gasteiger partial charge < -0.3 is 0 Å². The third kappa shape index (κ3) is 11.3. The van der Waals surface area contributed by atoms with Gasteiger partial charge in [0, 0.05) is 0 Å². The van der Waals surface area contributed by atoms with E-state index in [-0.39, 0.29) is 0 Å². The summed E-state index contributed by atoms with van der Waals surface area (Å²) in [5.74, 6) is 2.17. The highest BCUT2D eigenvalue weighted by Crippen LogP contribution is 2.42. The summed E-state index contributed by atoms with van der Waals surface area (Å²) in [4.78, 5) is 4.35. The van der Waals surface area contributed by atoms with Gasteiger partial charge >= 0.3 is 0 Å². The number of nitrogens with zero attached hydrogens (tertiary/aromatic N) is 2. The van der Waals surface area contributed by atoms with Crippen LogP contribution < -0.4 is 0 Å². The maximum absolute atomic E-state index is 2.18. The van der Waals surface area contributed by atoms with Crippen LogP contribution in [-0.2, 0) is 0 Å². The van der Waals surface area contributed by atoms with Crippen LogP contribution in [0.3, 0.4) is 0 Å². The van der Waals surface area contributed by atoms with Crippen molar-refractivity contribution in [2.45, 2.75) is 0 Å². The molecule has 74 valence electrons. The van der Waals surface area contributed by atoms with Crippen molar-refractivity contribution in [2.24, 2.45) is 0 Å². The Kier molecular flexibility index (Phi) is 9.88. The maximum Gasteiger partial charge on any atom is 0.0552 e. The Balaban J connectivity index is 2.91. The summed E-state index contributed by atoms with van der Waals surface area (Å²) in [6.07, 6.45) is 0.